The maximum Gasteiger partial charge on any atom is 0.192 e. The van der Waals surface area contributed by atoms with Crippen LogP contribution in [-0.4, -0.2) is 29.3 Å². The average Bonchev–Trinajstić information content (AvgIpc) is 3.27. The van der Waals surface area contributed by atoms with Crippen LogP contribution in [0, 0.1) is 0 Å². The van der Waals surface area contributed by atoms with Crippen LogP contribution in [0.4, 0.5) is 0 Å². The third kappa shape index (κ3) is 3.77. The Morgan fingerprint density at radius 2 is 1.81 bits per heavy atom. The van der Waals surface area contributed by atoms with E-state index in [2.05, 4.69) is 41.5 Å². The van der Waals surface area contributed by atoms with Crippen LogP contribution >= 0.6 is 34.9 Å². The van der Waals surface area contributed by atoms with Gasteiger partial charge in [-0.3, -0.25) is 9.55 Å². The van der Waals surface area contributed by atoms with Crippen LogP contribution in [0.25, 0.3) is 11.4 Å². The first-order valence-electron chi connectivity index (χ1n) is 7.78. The van der Waals surface area contributed by atoms with Crippen molar-refractivity contribution in [3.05, 3.63) is 70.5 Å². The van der Waals surface area contributed by atoms with Crippen molar-refractivity contribution in [2.75, 3.05) is 0 Å². The molecule has 0 bridgehead atoms. The number of nitrogens with zero attached hydrogens (tertiary/aromatic N) is 6. The van der Waals surface area contributed by atoms with Gasteiger partial charge < -0.3 is 0 Å². The van der Waals surface area contributed by atoms with Gasteiger partial charge in [0.15, 0.2) is 11.0 Å². The van der Waals surface area contributed by atoms with Gasteiger partial charge in [0, 0.05) is 35.2 Å². The van der Waals surface area contributed by atoms with E-state index in [1.165, 1.54) is 17.1 Å². The Morgan fingerprint density at radius 3 is 2.54 bits per heavy atom. The quantitative estimate of drug-likeness (QED) is 0.452. The molecule has 9 heteroatoms. The summed E-state index contributed by atoms with van der Waals surface area (Å²) in [7, 11) is 0. The summed E-state index contributed by atoms with van der Waals surface area (Å²) in [6.45, 7) is 0.677. The Kier molecular flexibility index (Phi) is 5.24. The first-order chi connectivity index (χ1) is 12.8. The molecule has 26 heavy (non-hydrogen) atoms. The Hall–Kier alpha value is -2.29. The summed E-state index contributed by atoms with van der Waals surface area (Å²) < 4.78 is 6.59. The number of pyridine rings is 1. The SMILES string of the molecule is Clc1snnc1CSc1nnc(-c2ccncc2)n1Cc1ccccc1. The molecule has 6 nitrogen and oxygen atoms in total. The maximum atomic E-state index is 6.11. The second kappa shape index (κ2) is 7.94. The van der Waals surface area contributed by atoms with Crippen LogP contribution in [0.1, 0.15) is 11.3 Å². The lowest BCUT2D eigenvalue weighted by Gasteiger charge is -2.10. The van der Waals surface area contributed by atoms with E-state index in [-0.39, 0.29) is 0 Å². The minimum Gasteiger partial charge on any atom is -0.298 e. The fourth-order valence-corrected chi connectivity index (χ4v) is 4.11. The van der Waals surface area contributed by atoms with E-state index in [1.54, 1.807) is 24.2 Å². The van der Waals surface area contributed by atoms with Crippen molar-refractivity contribution in [3.63, 3.8) is 0 Å². The van der Waals surface area contributed by atoms with E-state index in [0.717, 1.165) is 22.2 Å². The van der Waals surface area contributed by atoms with Crippen LogP contribution < -0.4 is 0 Å². The molecule has 0 amide bonds. The average molecular weight is 401 g/mol. The van der Waals surface area contributed by atoms with Crippen molar-refractivity contribution in [1.82, 2.24) is 29.3 Å². The molecule has 0 saturated heterocycles. The summed E-state index contributed by atoms with van der Waals surface area (Å²) in [5.74, 6) is 1.40. The molecule has 0 unspecified atom stereocenters. The number of aromatic nitrogens is 6. The van der Waals surface area contributed by atoms with Crippen molar-refractivity contribution in [1.29, 1.82) is 0 Å². The Morgan fingerprint density at radius 1 is 1.00 bits per heavy atom. The second-order valence-corrected chi connectivity index (χ2v) is 7.69. The normalized spacial score (nSPS) is 11.0. The fourth-order valence-electron chi connectivity index (χ4n) is 2.43. The highest BCUT2D eigenvalue weighted by Crippen LogP contribution is 2.29. The van der Waals surface area contributed by atoms with Gasteiger partial charge in [-0.05, 0) is 17.7 Å². The highest BCUT2D eigenvalue weighted by molar-refractivity contribution is 7.98. The zero-order chi connectivity index (χ0) is 17.8. The smallest absolute Gasteiger partial charge is 0.192 e. The van der Waals surface area contributed by atoms with Crippen LogP contribution in [0.2, 0.25) is 4.34 Å². The van der Waals surface area contributed by atoms with Gasteiger partial charge in [0.1, 0.15) is 10.0 Å². The molecule has 4 rings (SSSR count). The fraction of sp³-hybridized carbons (Fsp3) is 0.118. The summed E-state index contributed by atoms with van der Waals surface area (Å²) in [6.07, 6.45) is 3.51. The van der Waals surface area contributed by atoms with Crippen LogP contribution in [0.15, 0.2) is 60.0 Å². The largest absolute Gasteiger partial charge is 0.298 e. The van der Waals surface area contributed by atoms with Gasteiger partial charge in [-0.15, -0.1) is 15.3 Å². The van der Waals surface area contributed by atoms with Crippen molar-refractivity contribution in [2.45, 2.75) is 17.5 Å². The van der Waals surface area contributed by atoms with Crippen molar-refractivity contribution in [3.8, 4) is 11.4 Å². The Labute approximate surface area is 163 Å². The topological polar surface area (TPSA) is 69.4 Å². The maximum absolute atomic E-state index is 6.11. The third-order valence-corrected chi connectivity index (χ3v) is 5.65. The minimum absolute atomic E-state index is 0.596. The molecule has 0 radical (unpaired) electrons. The van der Waals surface area contributed by atoms with Crippen molar-refractivity contribution < 1.29 is 0 Å². The van der Waals surface area contributed by atoms with Gasteiger partial charge in [0.2, 0.25) is 0 Å². The third-order valence-electron chi connectivity index (χ3n) is 3.69. The number of hydrogen-bond acceptors (Lipinski definition) is 7. The van der Waals surface area contributed by atoms with E-state index < -0.39 is 0 Å². The lowest BCUT2D eigenvalue weighted by molar-refractivity contribution is 0.714. The molecule has 3 aromatic heterocycles. The first kappa shape index (κ1) is 17.1. The lowest BCUT2D eigenvalue weighted by atomic mass is 10.2. The zero-order valence-corrected chi connectivity index (χ0v) is 15.9. The zero-order valence-electron chi connectivity index (χ0n) is 13.5. The molecule has 0 fully saturated rings. The van der Waals surface area contributed by atoms with Gasteiger partial charge in [-0.25, -0.2) is 0 Å². The second-order valence-electron chi connectivity index (χ2n) is 5.40. The number of benzene rings is 1. The van der Waals surface area contributed by atoms with Gasteiger partial charge >= 0.3 is 0 Å². The van der Waals surface area contributed by atoms with Crippen molar-refractivity contribution in [2.24, 2.45) is 0 Å². The summed E-state index contributed by atoms with van der Waals surface area (Å²) in [5.41, 5.74) is 2.92. The molecule has 0 saturated carbocycles. The number of hydrogen-bond donors (Lipinski definition) is 0. The molecule has 0 atom stereocenters. The molecule has 0 spiro atoms. The molecule has 0 aliphatic carbocycles. The van der Waals surface area contributed by atoms with E-state index in [0.29, 0.717) is 16.6 Å². The molecule has 130 valence electrons. The van der Waals surface area contributed by atoms with Crippen LogP contribution in [0.5, 0.6) is 0 Å². The molecule has 0 aliphatic rings. The van der Waals surface area contributed by atoms with E-state index >= 15 is 0 Å². The number of thioether (sulfide) groups is 1. The van der Waals surface area contributed by atoms with Crippen molar-refractivity contribution >= 4 is 34.9 Å². The standard InChI is InChI=1S/C17H13ClN6S2/c18-15-14(20-23-26-15)11-25-17-22-21-16(13-6-8-19-9-7-13)24(17)10-12-4-2-1-3-5-12/h1-9H,10-11H2. The predicted octanol–water partition coefficient (Wildman–Crippen LogP) is 4.19. The summed E-state index contributed by atoms with van der Waals surface area (Å²) in [5, 5.41) is 13.7. The summed E-state index contributed by atoms with van der Waals surface area (Å²) in [4.78, 5) is 4.08. The van der Waals surface area contributed by atoms with Crippen LogP contribution in [0.3, 0.4) is 0 Å². The molecule has 0 aliphatic heterocycles. The van der Waals surface area contributed by atoms with Gasteiger partial charge in [-0.2, -0.15) is 0 Å². The molecule has 0 N–H and O–H groups in total. The summed E-state index contributed by atoms with van der Waals surface area (Å²) >= 11 is 8.84. The molecular weight excluding hydrogens is 388 g/mol. The van der Waals surface area contributed by atoms with Gasteiger partial charge in [0.25, 0.3) is 0 Å². The summed E-state index contributed by atoms with van der Waals surface area (Å²) in [6, 6.07) is 14.1. The molecule has 4 aromatic rings. The lowest BCUT2D eigenvalue weighted by Crippen LogP contribution is -2.04. The van der Waals surface area contributed by atoms with Crippen LogP contribution in [-0.2, 0) is 12.3 Å². The highest BCUT2D eigenvalue weighted by atomic mass is 35.5. The number of halogens is 1. The van der Waals surface area contributed by atoms with E-state index in [4.69, 9.17) is 11.6 Å². The first-order valence-corrected chi connectivity index (χ1v) is 9.92. The number of rotatable bonds is 6. The minimum atomic E-state index is 0.596. The molecule has 1 aromatic carbocycles. The van der Waals surface area contributed by atoms with E-state index in [1.807, 2.05) is 30.3 Å². The van der Waals surface area contributed by atoms with Gasteiger partial charge in [-0.1, -0.05) is 58.2 Å². The van der Waals surface area contributed by atoms with E-state index in [9.17, 15) is 0 Å². The monoisotopic (exact) mass is 400 g/mol. The predicted molar refractivity (Wildman–Crippen MR) is 103 cm³/mol. The highest BCUT2D eigenvalue weighted by Gasteiger charge is 2.16. The van der Waals surface area contributed by atoms with Gasteiger partial charge in [0.05, 0.1) is 6.54 Å². The molecule has 3 heterocycles. The Bertz CT molecular complexity index is 987. The Balaban J connectivity index is 1.67. The molecular formula is C17H13ClN6S2.